The molecule has 4 nitrogen and oxygen atoms in total. The molecule has 0 aromatic heterocycles. The first kappa shape index (κ1) is 16.9. The molecular weight excluding hydrogens is 238 g/mol. The van der Waals surface area contributed by atoms with Gasteiger partial charge in [0.15, 0.2) is 0 Å². The molecule has 1 N–H and O–H groups in total. The molecular formula is C15H33N3O. The lowest BCUT2D eigenvalue weighted by Gasteiger charge is -2.43. The molecule has 0 amide bonds. The first-order chi connectivity index (χ1) is 9.10. The van der Waals surface area contributed by atoms with Crippen LogP contribution in [0.25, 0.3) is 0 Å². The van der Waals surface area contributed by atoms with Crippen LogP contribution >= 0.6 is 0 Å². The van der Waals surface area contributed by atoms with E-state index in [1.807, 2.05) is 0 Å². The number of rotatable bonds is 8. The third-order valence-corrected chi connectivity index (χ3v) is 3.97. The molecule has 3 unspecified atom stereocenters. The van der Waals surface area contributed by atoms with Crippen molar-refractivity contribution in [3.63, 3.8) is 0 Å². The predicted octanol–water partition coefficient (Wildman–Crippen LogP) is 1.42. The van der Waals surface area contributed by atoms with Gasteiger partial charge in [0.1, 0.15) is 0 Å². The van der Waals surface area contributed by atoms with E-state index >= 15 is 0 Å². The Bertz CT molecular complexity index is 235. The molecule has 1 aliphatic rings. The summed E-state index contributed by atoms with van der Waals surface area (Å²) in [7, 11) is 4.29. The molecule has 4 heteroatoms. The average molecular weight is 271 g/mol. The fraction of sp³-hybridized carbons (Fsp3) is 1.00. The first-order valence-electron chi connectivity index (χ1n) is 7.81. The molecule has 1 aliphatic heterocycles. The van der Waals surface area contributed by atoms with Crippen LogP contribution in [-0.2, 0) is 4.74 Å². The van der Waals surface area contributed by atoms with Crippen LogP contribution in [0.5, 0.6) is 0 Å². The van der Waals surface area contributed by atoms with Crippen molar-refractivity contribution in [2.24, 2.45) is 0 Å². The van der Waals surface area contributed by atoms with Gasteiger partial charge in [-0.15, -0.1) is 0 Å². The van der Waals surface area contributed by atoms with Gasteiger partial charge in [0.2, 0.25) is 0 Å². The highest BCUT2D eigenvalue weighted by atomic mass is 16.5. The monoisotopic (exact) mass is 271 g/mol. The van der Waals surface area contributed by atoms with Crippen LogP contribution < -0.4 is 5.32 Å². The van der Waals surface area contributed by atoms with E-state index in [1.54, 1.807) is 0 Å². The Kier molecular flexibility index (Phi) is 7.91. The van der Waals surface area contributed by atoms with Crippen molar-refractivity contribution in [3.05, 3.63) is 0 Å². The maximum atomic E-state index is 5.73. The maximum absolute atomic E-state index is 5.73. The van der Waals surface area contributed by atoms with Gasteiger partial charge < -0.3 is 15.0 Å². The van der Waals surface area contributed by atoms with Crippen molar-refractivity contribution >= 4 is 0 Å². The third kappa shape index (κ3) is 5.38. The Morgan fingerprint density at radius 3 is 2.63 bits per heavy atom. The van der Waals surface area contributed by atoms with Crippen molar-refractivity contribution < 1.29 is 4.74 Å². The first-order valence-corrected chi connectivity index (χ1v) is 7.81. The highest BCUT2D eigenvalue weighted by Gasteiger charge is 2.32. The summed E-state index contributed by atoms with van der Waals surface area (Å²) in [6.07, 6.45) is 2.33. The molecule has 1 heterocycles. The van der Waals surface area contributed by atoms with Gasteiger partial charge in [0.25, 0.3) is 0 Å². The van der Waals surface area contributed by atoms with Gasteiger partial charge in [-0.1, -0.05) is 13.8 Å². The van der Waals surface area contributed by atoms with Gasteiger partial charge >= 0.3 is 0 Å². The number of nitrogens with zero attached hydrogens (tertiary/aromatic N) is 2. The van der Waals surface area contributed by atoms with Crippen molar-refractivity contribution in [2.45, 2.75) is 51.7 Å². The van der Waals surface area contributed by atoms with Gasteiger partial charge in [-0.3, -0.25) is 4.90 Å². The fourth-order valence-corrected chi connectivity index (χ4v) is 3.12. The van der Waals surface area contributed by atoms with E-state index in [4.69, 9.17) is 4.74 Å². The summed E-state index contributed by atoms with van der Waals surface area (Å²) in [5.41, 5.74) is 0. The van der Waals surface area contributed by atoms with Crippen molar-refractivity contribution in [2.75, 3.05) is 46.9 Å². The second-order valence-electron chi connectivity index (χ2n) is 5.93. The fourth-order valence-electron chi connectivity index (χ4n) is 3.12. The quantitative estimate of drug-likeness (QED) is 0.722. The number of likely N-dealkylation sites (N-methyl/N-ethyl adjacent to an activating group) is 2. The molecule has 0 aromatic rings. The maximum Gasteiger partial charge on any atom is 0.0637 e. The minimum atomic E-state index is 0.514. The summed E-state index contributed by atoms with van der Waals surface area (Å²) >= 11 is 0. The predicted molar refractivity (Wildman–Crippen MR) is 81.7 cm³/mol. The van der Waals surface area contributed by atoms with Crippen LogP contribution in [0.3, 0.4) is 0 Å². The summed E-state index contributed by atoms with van der Waals surface area (Å²) in [6, 6.07) is 1.66. The van der Waals surface area contributed by atoms with E-state index in [1.165, 1.54) is 6.42 Å². The molecule has 0 saturated carbocycles. The zero-order chi connectivity index (χ0) is 14.3. The lowest BCUT2D eigenvalue weighted by atomic mass is 9.99. The van der Waals surface area contributed by atoms with E-state index in [2.05, 4.69) is 50.0 Å². The van der Waals surface area contributed by atoms with Crippen LogP contribution in [0.1, 0.15) is 33.6 Å². The molecule has 0 bridgehead atoms. The normalized spacial score (nSPS) is 26.1. The van der Waals surface area contributed by atoms with E-state index in [0.717, 1.165) is 39.3 Å². The highest BCUT2D eigenvalue weighted by Crippen LogP contribution is 2.17. The molecule has 1 saturated heterocycles. The largest absolute Gasteiger partial charge is 0.380 e. The van der Waals surface area contributed by atoms with Crippen molar-refractivity contribution in [1.29, 1.82) is 0 Å². The van der Waals surface area contributed by atoms with Gasteiger partial charge in [0.05, 0.1) is 6.61 Å². The van der Waals surface area contributed by atoms with Crippen LogP contribution in [0.15, 0.2) is 0 Å². The topological polar surface area (TPSA) is 27.7 Å². The molecule has 1 fully saturated rings. The Hall–Kier alpha value is -0.160. The van der Waals surface area contributed by atoms with Crippen molar-refractivity contribution in [3.8, 4) is 0 Å². The number of hydrogen-bond acceptors (Lipinski definition) is 4. The Morgan fingerprint density at radius 1 is 1.32 bits per heavy atom. The third-order valence-electron chi connectivity index (χ3n) is 3.97. The minimum Gasteiger partial charge on any atom is -0.380 e. The van der Waals surface area contributed by atoms with Crippen LogP contribution in [0, 0.1) is 0 Å². The number of hydrogen-bond donors (Lipinski definition) is 1. The van der Waals surface area contributed by atoms with Crippen LogP contribution in [-0.4, -0.2) is 74.9 Å². The molecule has 114 valence electrons. The summed E-state index contributed by atoms with van der Waals surface area (Å²) in [4.78, 5) is 4.87. The highest BCUT2D eigenvalue weighted by molar-refractivity contribution is 4.89. The lowest BCUT2D eigenvalue weighted by molar-refractivity contribution is -0.0182. The molecule has 3 atom stereocenters. The molecule has 19 heavy (non-hydrogen) atoms. The summed E-state index contributed by atoms with van der Waals surface area (Å²) < 4.78 is 5.73. The molecule has 0 aromatic carbocycles. The Balaban J connectivity index is 2.63. The van der Waals surface area contributed by atoms with E-state index < -0.39 is 0 Å². The van der Waals surface area contributed by atoms with E-state index in [-0.39, 0.29) is 0 Å². The van der Waals surface area contributed by atoms with Gasteiger partial charge in [-0.2, -0.15) is 0 Å². The Labute approximate surface area is 119 Å². The van der Waals surface area contributed by atoms with E-state index in [0.29, 0.717) is 18.1 Å². The second-order valence-corrected chi connectivity index (χ2v) is 5.93. The molecule has 0 radical (unpaired) electrons. The second kappa shape index (κ2) is 8.90. The Morgan fingerprint density at radius 2 is 2.05 bits per heavy atom. The average Bonchev–Trinajstić information content (AvgIpc) is 2.37. The minimum absolute atomic E-state index is 0.514. The van der Waals surface area contributed by atoms with Crippen LogP contribution in [0.2, 0.25) is 0 Å². The van der Waals surface area contributed by atoms with Gasteiger partial charge in [-0.25, -0.2) is 0 Å². The molecule has 0 aliphatic carbocycles. The number of nitrogens with one attached hydrogen (secondary N) is 1. The van der Waals surface area contributed by atoms with E-state index in [9.17, 15) is 0 Å². The SMILES string of the molecule is CCCNC1CCOCC1N(CC)C(C)CN(C)C. The standard InChI is InChI=1S/C15H33N3O/c1-6-9-16-14-8-10-19-12-15(14)18(7-2)13(3)11-17(4)5/h13-16H,6-12H2,1-5H3. The van der Waals surface area contributed by atoms with Gasteiger partial charge in [-0.05, 0) is 47.0 Å². The summed E-state index contributed by atoms with van der Waals surface area (Å²) in [5, 5.41) is 3.71. The molecule has 0 spiro atoms. The van der Waals surface area contributed by atoms with Crippen LogP contribution in [0.4, 0.5) is 0 Å². The number of ether oxygens (including phenoxy) is 1. The van der Waals surface area contributed by atoms with Crippen molar-refractivity contribution in [1.82, 2.24) is 15.1 Å². The molecule has 1 rings (SSSR count). The summed E-state index contributed by atoms with van der Waals surface area (Å²) in [5.74, 6) is 0. The zero-order valence-corrected chi connectivity index (χ0v) is 13.5. The summed E-state index contributed by atoms with van der Waals surface area (Å²) in [6.45, 7) is 11.9. The lowest BCUT2D eigenvalue weighted by Crippen LogP contribution is -2.59. The zero-order valence-electron chi connectivity index (χ0n) is 13.5. The smallest absolute Gasteiger partial charge is 0.0637 e. The van der Waals surface area contributed by atoms with Gasteiger partial charge in [0, 0.05) is 31.3 Å².